The summed E-state index contributed by atoms with van der Waals surface area (Å²) >= 11 is 1.59. The fourth-order valence-electron chi connectivity index (χ4n) is 2.47. The van der Waals surface area contributed by atoms with Gasteiger partial charge in [0.15, 0.2) is 0 Å². The number of carboxylic acids is 1. The molecule has 0 saturated carbocycles. The molecule has 0 spiro atoms. The molecule has 25 heavy (non-hydrogen) atoms. The van der Waals surface area contributed by atoms with Crippen LogP contribution in [0, 0.1) is 0 Å². The number of carbonyl (C=O) groups excluding carboxylic acids is 1. The third-order valence-corrected chi connectivity index (χ3v) is 4.83. The summed E-state index contributed by atoms with van der Waals surface area (Å²) in [5.74, 6) is -0.399. The number of carboxylic acid groups (broad SMARTS) is 1. The number of urea groups is 1. The molecule has 6 heteroatoms. The second-order valence-corrected chi connectivity index (χ2v) is 7.15. The topological polar surface area (TPSA) is 78.4 Å². The summed E-state index contributed by atoms with van der Waals surface area (Å²) < 4.78 is 0. The maximum Gasteiger partial charge on any atom is 0.315 e. The lowest BCUT2D eigenvalue weighted by Crippen LogP contribution is -2.38. The van der Waals surface area contributed by atoms with Gasteiger partial charge in [-0.05, 0) is 34.9 Å². The molecule has 0 fully saturated rings. The first-order valence-electron chi connectivity index (χ1n) is 8.36. The SMILES string of the molecule is CC(C)c1ccc(C(NC(=O)NCCCC(=O)O)c2cccs2)cc1. The Kier molecular flexibility index (Phi) is 7.01. The minimum atomic E-state index is -0.857. The van der Waals surface area contributed by atoms with Gasteiger partial charge in [0.2, 0.25) is 0 Å². The standard InChI is InChI=1S/C19H24N2O3S/c1-13(2)14-7-9-15(10-8-14)18(16-5-4-12-25-16)21-19(24)20-11-3-6-17(22)23/h4-5,7-10,12-13,18H,3,6,11H2,1-2H3,(H,22,23)(H2,20,21,24). The number of hydrogen-bond acceptors (Lipinski definition) is 3. The van der Waals surface area contributed by atoms with E-state index < -0.39 is 5.97 Å². The normalized spacial score (nSPS) is 12.0. The number of nitrogens with one attached hydrogen (secondary N) is 2. The summed E-state index contributed by atoms with van der Waals surface area (Å²) in [6, 6.07) is 11.7. The van der Waals surface area contributed by atoms with Crippen molar-refractivity contribution in [2.45, 2.75) is 38.6 Å². The second kappa shape index (κ2) is 9.22. The van der Waals surface area contributed by atoms with Gasteiger partial charge in [-0.1, -0.05) is 44.2 Å². The zero-order chi connectivity index (χ0) is 18.2. The lowest BCUT2D eigenvalue weighted by atomic mass is 9.98. The van der Waals surface area contributed by atoms with Gasteiger partial charge in [0.1, 0.15) is 0 Å². The highest BCUT2D eigenvalue weighted by atomic mass is 32.1. The van der Waals surface area contributed by atoms with Gasteiger partial charge in [0, 0.05) is 17.8 Å². The minimum Gasteiger partial charge on any atom is -0.481 e. The molecule has 2 amide bonds. The van der Waals surface area contributed by atoms with E-state index in [-0.39, 0.29) is 18.5 Å². The van der Waals surface area contributed by atoms with Crippen LogP contribution < -0.4 is 10.6 Å². The fraction of sp³-hybridized carbons (Fsp3) is 0.368. The molecular weight excluding hydrogens is 336 g/mol. The summed E-state index contributed by atoms with van der Waals surface area (Å²) in [4.78, 5) is 23.7. The Morgan fingerprint density at radius 3 is 2.36 bits per heavy atom. The molecule has 2 rings (SSSR count). The van der Waals surface area contributed by atoms with Crippen LogP contribution in [0.2, 0.25) is 0 Å². The Labute approximate surface area is 152 Å². The zero-order valence-corrected chi connectivity index (χ0v) is 15.3. The predicted molar refractivity (Wildman–Crippen MR) is 100 cm³/mol. The van der Waals surface area contributed by atoms with E-state index >= 15 is 0 Å². The Morgan fingerprint density at radius 2 is 1.80 bits per heavy atom. The minimum absolute atomic E-state index is 0.0469. The van der Waals surface area contributed by atoms with Crippen molar-refractivity contribution in [2.24, 2.45) is 0 Å². The summed E-state index contributed by atoms with van der Waals surface area (Å²) in [6.07, 6.45) is 0.459. The Hall–Kier alpha value is -2.34. The molecule has 2 aromatic rings. The zero-order valence-electron chi connectivity index (χ0n) is 14.5. The Balaban J connectivity index is 2.04. The van der Waals surface area contributed by atoms with Crippen molar-refractivity contribution in [2.75, 3.05) is 6.54 Å². The van der Waals surface area contributed by atoms with Gasteiger partial charge < -0.3 is 15.7 Å². The molecule has 0 aliphatic rings. The van der Waals surface area contributed by atoms with E-state index in [1.165, 1.54) is 5.56 Å². The Morgan fingerprint density at radius 1 is 1.12 bits per heavy atom. The number of rotatable bonds is 8. The number of carbonyl (C=O) groups is 2. The quantitative estimate of drug-likeness (QED) is 0.620. The van der Waals surface area contributed by atoms with E-state index in [0.717, 1.165) is 10.4 Å². The van der Waals surface area contributed by atoms with E-state index in [1.807, 2.05) is 29.6 Å². The average Bonchev–Trinajstić information content (AvgIpc) is 3.11. The molecule has 1 unspecified atom stereocenters. The lowest BCUT2D eigenvalue weighted by Gasteiger charge is -2.19. The first-order valence-corrected chi connectivity index (χ1v) is 9.24. The van der Waals surface area contributed by atoms with Gasteiger partial charge in [0.25, 0.3) is 0 Å². The van der Waals surface area contributed by atoms with Gasteiger partial charge in [-0.2, -0.15) is 0 Å². The molecule has 0 radical (unpaired) electrons. The van der Waals surface area contributed by atoms with Gasteiger partial charge in [0.05, 0.1) is 6.04 Å². The third kappa shape index (κ3) is 5.90. The maximum absolute atomic E-state index is 12.2. The van der Waals surface area contributed by atoms with Crippen LogP contribution in [0.4, 0.5) is 4.79 Å². The molecule has 1 heterocycles. The van der Waals surface area contributed by atoms with Crippen LogP contribution in [0.3, 0.4) is 0 Å². The number of thiophene rings is 1. The molecule has 0 aliphatic heterocycles. The van der Waals surface area contributed by atoms with Crippen molar-refractivity contribution >= 4 is 23.3 Å². The molecule has 0 bridgehead atoms. The summed E-state index contributed by atoms with van der Waals surface area (Å²) in [5.41, 5.74) is 2.28. The molecule has 1 aromatic carbocycles. The van der Waals surface area contributed by atoms with Crippen LogP contribution in [0.5, 0.6) is 0 Å². The highest BCUT2D eigenvalue weighted by Gasteiger charge is 2.18. The van der Waals surface area contributed by atoms with Gasteiger partial charge in [-0.3, -0.25) is 4.79 Å². The maximum atomic E-state index is 12.2. The molecule has 3 N–H and O–H groups in total. The number of benzene rings is 1. The largest absolute Gasteiger partial charge is 0.481 e. The number of amides is 2. The summed E-state index contributed by atoms with van der Waals surface area (Å²) in [5, 5.41) is 16.3. The molecule has 1 atom stereocenters. The van der Waals surface area contributed by atoms with Crippen molar-refractivity contribution in [1.29, 1.82) is 0 Å². The van der Waals surface area contributed by atoms with E-state index in [0.29, 0.717) is 18.9 Å². The first kappa shape index (κ1) is 19.0. The number of hydrogen-bond donors (Lipinski definition) is 3. The van der Waals surface area contributed by atoms with Crippen molar-refractivity contribution in [3.63, 3.8) is 0 Å². The molecule has 5 nitrogen and oxygen atoms in total. The van der Waals surface area contributed by atoms with Crippen LogP contribution in [-0.2, 0) is 4.79 Å². The summed E-state index contributed by atoms with van der Waals surface area (Å²) in [6.45, 7) is 4.63. The fourth-order valence-corrected chi connectivity index (χ4v) is 3.27. The second-order valence-electron chi connectivity index (χ2n) is 6.17. The van der Waals surface area contributed by atoms with E-state index in [1.54, 1.807) is 11.3 Å². The van der Waals surface area contributed by atoms with Crippen LogP contribution in [0.25, 0.3) is 0 Å². The predicted octanol–water partition coefficient (Wildman–Crippen LogP) is 4.12. The van der Waals surface area contributed by atoms with Crippen molar-refractivity contribution in [1.82, 2.24) is 10.6 Å². The molecule has 134 valence electrons. The van der Waals surface area contributed by atoms with Crippen molar-refractivity contribution in [3.05, 3.63) is 57.8 Å². The molecule has 0 aliphatic carbocycles. The average molecular weight is 360 g/mol. The van der Waals surface area contributed by atoms with Gasteiger partial charge >= 0.3 is 12.0 Å². The third-order valence-electron chi connectivity index (χ3n) is 3.89. The van der Waals surface area contributed by atoms with E-state index in [4.69, 9.17) is 5.11 Å². The highest BCUT2D eigenvalue weighted by Crippen LogP contribution is 2.27. The van der Waals surface area contributed by atoms with Crippen molar-refractivity contribution in [3.8, 4) is 0 Å². The van der Waals surface area contributed by atoms with Crippen LogP contribution in [-0.4, -0.2) is 23.7 Å². The molecular formula is C19H24N2O3S. The van der Waals surface area contributed by atoms with E-state index in [2.05, 4.69) is 36.6 Å². The molecule has 1 aromatic heterocycles. The first-order chi connectivity index (χ1) is 12.0. The Bertz CT molecular complexity index is 681. The van der Waals surface area contributed by atoms with Crippen LogP contribution in [0.1, 0.15) is 54.7 Å². The smallest absolute Gasteiger partial charge is 0.315 e. The van der Waals surface area contributed by atoms with Crippen molar-refractivity contribution < 1.29 is 14.7 Å². The van der Waals surface area contributed by atoms with Crippen LogP contribution >= 0.6 is 11.3 Å². The van der Waals surface area contributed by atoms with Gasteiger partial charge in [-0.15, -0.1) is 11.3 Å². The van der Waals surface area contributed by atoms with Crippen LogP contribution in [0.15, 0.2) is 41.8 Å². The number of aliphatic carboxylic acids is 1. The van der Waals surface area contributed by atoms with Gasteiger partial charge in [-0.25, -0.2) is 4.79 Å². The highest BCUT2D eigenvalue weighted by molar-refractivity contribution is 7.10. The molecule has 0 saturated heterocycles. The summed E-state index contributed by atoms with van der Waals surface area (Å²) in [7, 11) is 0. The lowest BCUT2D eigenvalue weighted by molar-refractivity contribution is -0.137. The monoisotopic (exact) mass is 360 g/mol. The van der Waals surface area contributed by atoms with E-state index in [9.17, 15) is 9.59 Å².